The van der Waals surface area contributed by atoms with Crippen LogP contribution in [0.4, 0.5) is 5.69 Å². The number of hydrogen-bond donors (Lipinski definition) is 1. The zero-order chi connectivity index (χ0) is 15.4. The molecule has 1 N–H and O–H groups in total. The van der Waals surface area contributed by atoms with Crippen molar-refractivity contribution >= 4 is 5.69 Å². The van der Waals surface area contributed by atoms with Gasteiger partial charge in [0.05, 0.1) is 19.9 Å². The lowest BCUT2D eigenvalue weighted by Gasteiger charge is -2.20. The third-order valence-electron chi connectivity index (χ3n) is 3.68. The van der Waals surface area contributed by atoms with Gasteiger partial charge < -0.3 is 14.8 Å². The van der Waals surface area contributed by atoms with Crippen molar-refractivity contribution in [1.29, 1.82) is 0 Å². The van der Waals surface area contributed by atoms with E-state index in [9.17, 15) is 0 Å². The molecule has 0 aliphatic carbocycles. The molecular formula is C18H23NO2. The van der Waals surface area contributed by atoms with E-state index in [1.54, 1.807) is 14.2 Å². The number of hydrogen-bond acceptors (Lipinski definition) is 3. The van der Waals surface area contributed by atoms with Crippen molar-refractivity contribution < 1.29 is 9.47 Å². The SMILES string of the molecule is COc1ccc(NC(C)c2cc(C)ccc2C)c(OC)c1. The van der Waals surface area contributed by atoms with Crippen LogP contribution in [0.15, 0.2) is 36.4 Å². The Morgan fingerprint density at radius 3 is 2.38 bits per heavy atom. The average Bonchev–Trinajstić information content (AvgIpc) is 2.49. The van der Waals surface area contributed by atoms with Crippen molar-refractivity contribution in [1.82, 2.24) is 0 Å². The van der Waals surface area contributed by atoms with Crippen LogP contribution in [0.2, 0.25) is 0 Å². The summed E-state index contributed by atoms with van der Waals surface area (Å²) in [6.45, 7) is 6.41. The Bertz CT molecular complexity index is 623. The van der Waals surface area contributed by atoms with Crippen molar-refractivity contribution in [2.24, 2.45) is 0 Å². The van der Waals surface area contributed by atoms with Crippen LogP contribution in [-0.2, 0) is 0 Å². The first-order valence-electron chi connectivity index (χ1n) is 7.11. The monoisotopic (exact) mass is 285 g/mol. The zero-order valence-electron chi connectivity index (χ0n) is 13.4. The third kappa shape index (κ3) is 3.48. The van der Waals surface area contributed by atoms with Crippen molar-refractivity contribution in [2.45, 2.75) is 26.8 Å². The summed E-state index contributed by atoms with van der Waals surface area (Å²) in [4.78, 5) is 0. The van der Waals surface area contributed by atoms with Crippen LogP contribution in [-0.4, -0.2) is 14.2 Å². The highest BCUT2D eigenvalue weighted by Gasteiger charge is 2.12. The van der Waals surface area contributed by atoms with Crippen LogP contribution < -0.4 is 14.8 Å². The number of anilines is 1. The molecule has 0 radical (unpaired) electrons. The van der Waals surface area contributed by atoms with Crippen molar-refractivity contribution in [3.63, 3.8) is 0 Å². The van der Waals surface area contributed by atoms with E-state index in [1.165, 1.54) is 16.7 Å². The van der Waals surface area contributed by atoms with Gasteiger partial charge in [-0.05, 0) is 44.0 Å². The molecule has 0 saturated carbocycles. The number of ether oxygens (including phenoxy) is 2. The van der Waals surface area contributed by atoms with E-state index in [0.29, 0.717) is 0 Å². The lowest BCUT2D eigenvalue weighted by atomic mass is 10.00. The predicted octanol–water partition coefficient (Wildman–Crippen LogP) is 4.49. The van der Waals surface area contributed by atoms with Gasteiger partial charge in [0.25, 0.3) is 0 Å². The minimum atomic E-state index is 0.201. The van der Waals surface area contributed by atoms with Crippen LogP contribution in [0.3, 0.4) is 0 Å². The fourth-order valence-corrected chi connectivity index (χ4v) is 2.46. The summed E-state index contributed by atoms with van der Waals surface area (Å²) in [7, 11) is 3.32. The van der Waals surface area contributed by atoms with Crippen LogP contribution in [0, 0.1) is 13.8 Å². The second-order valence-corrected chi connectivity index (χ2v) is 5.29. The molecule has 2 rings (SSSR count). The van der Waals surface area contributed by atoms with Crippen molar-refractivity contribution in [2.75, 3.05) is 19.5 Å². The van der Waals surface area contributed by atoms with Crippen LogP contribution in [0.25, 0.3) is 0 Å². The maximum absolute atomic E-state index is 5.44. The number of aryl methyl sites for hydroxylation is 2. The number of methoxy groups -OCH3 is 2. The first-order valence-corrected chi connectivity index (χ1v) is 7.11. The Kier molecular flexibility index (Phi) is 4.73. The predicted molar refractivity (Wildman–Crippen MR) is 87.5 cm³/mol. The minimum absolute atomic E-state index is 0.201. The topological polar surface area (TPSA) is 30.5 Å². The summed E-state index contributed by atoms with van der Waals surface area (Å²) in [6, 6.07) is 12.5. The summed E-state index contributed by atoms with van der Waals surface area (Å²) >= 11 is 0. The van der Waals surface area contributed by atoms with E-state index in [-0.39, 0.29) is 6.04 Å². The molecule has 0 aliphatic rings. The maximum Gasteiger partial charge on any atom is 0.145 e. The fourth-order valence-electron chi connectivity index (χ4n) is 2.46. The molecule has 0 spiro atoms. The van der Waals surface area contributed by atoms with E-state index in [4.69, 9.17) is 9.47 Å². The minimum Gasteiger partial charge on any atom is -0.497 e. The Labute approximate surface area is 126 Å². The van der Waals surface area contributed by atoms with Gasteiger partial charge in [-0.3, -0.25) is 0 Å². The molecular weight excluding hydrogens is 262 g/mol. The molecule has 0 fully saturated rings. The molecule has 0 amide bonds. The summed E-state index contributed by atoms with van der Waals surface area (Å²) in [5.74, 6) is 1.57. The van der Waals surface area contributed by atoms with E-state index in [1.807, 2.05) is 18.2 Å². The normalized spacial score (nSPS) is 11.9. The highest BCUT2D eigenvalue weighted by atomic mass is 16.5. The van der Waals surface area contributed by atoms with Gasteiger partial charge in [0.1, 0.15) is 11.5 Å². The molecule has 2 aromatic rings. The lowest BCUT2D eigenvalue weighted by Crippen LogP contribution is -2.09. The standard InChI is InChI=1S/C18H23NO2/c1-12-6-7-13(2)16(10-12)14(3)19-17-9-8-15(20-4)11-18(17)21-5/h6-11,14,19H,1-5H3. The Hall–Kier alpha value is -2.16. The summed E-state index contributed by atoms with van der Waals surface area (Å²) in [5, 5.41) is 3.52. The van der Waals surface area contributed by atoms with E-state index in [0.717, 1.165) is 17.2 Å². The number of rotatable bonds is 5. The highest BCUT2D eigenvalue weighted by molar-refractivity contribution is 5.60. The molecule has 0 saturated heterocycles. The first kappa shape index (κ1) is 15.2. The summed E-state index contributed by atoms with van der Waals surface area (Å²) in [5.41, 5.74) is 4.82. The van der Waals surface area contributed by atoms with Gasteiger partial charge in [0.2, 0.25) is 0 Å². The van der Waals surface area contributed by atoms with Gasteiger partial charge >= 0.3 is 0 Å². The largest absolute Gasteiger partial charge is 0.497 e. The van der Waals surface area contributed by atoms with Gasteiger partial charge in [-0.25, -0.2) is 0 Å². The van der Waals surface area contributed by atoms with Gasteiger partial charge in [0.15, 0.2) is 0 Å². The Balaban J connectivity index is 2.26. The molecule has 21 heavy (non-hydrogen) atoms. The highest BCUT2D eigenvalue weighted by Crippen LogP contribution is 2.32. The van der Waals surface area contributed by atoms with Gasteiger partial charge in [-0.1, -0.05) is 23.8 Å². The fraction of sp³-hybridized carbons (Fsp3) is 0.333. The van der Waals surface area contributed by atoms with E-state index >= 15 is 0 Å². The zero-order valence-corrected chi connectivity index (χ0v) is 13.4. The molecule has 0 heterocycles. The first-order chi connectivity index (χ1) is 10.0. The Morgan fingerprint density at radius 1 is 0.952 bits per heavy atom. The van der Waals surface area contributed by atoms with Gasteiger partial charge in [-0.2, -0.15) is 0 Å². The van der Waals surface area contributed by atoms with Crippen LogP contribution >= 0.6 is 0 Å². The molecule has 0 aromatic heterocycles. The second-order valence-electron chi connectivity index (χ2n) is 5.29. The second kappa shape index (κ2) is 6.53. The van der Waals surface area contributed by atoms with Crippen molar-refractivity contribution in [3.8, 4) is 11.5 Å². The molecule has 112 valence electrons. The third-order valence-corrected chi connectivity index (χ3v) is 3.68. The number of benzene rings is 2. The quantitative estimate of drug-likeness (QED) is 0.877. The smallest absolute Gasteiger partial charge is 0.145 e. The van der Waals surface area contributed by atoms with E-state index < -0.39 is 0 Å². The van der Waals surface area contributed by atoms with E-state index in [2.05, 4.69) is 44.3 Å². The van der Waals surface area contributed by atoms with Crippen LogP contribution in [0.5, 0.6) is 11.5 Å². The average molecular weight is 285 g/mol. The Morgan fingerprint density at radius 2 is 1.71 bits per heavy atom. The molecule has 2 aromatic carbocycles. The van der Waals surface area contributed by atoms with Gasteiger partial charge in [-0.15, -0.1) is 0 Å². The maximum atomic E-state index is 5.44. The molecule has 0 bridgehead atoms. The lowest BCUT2D eigenvalue weighted by molar-refractivity contribution is 0.395. The molecule has 1 unspecified atom stereocenters. The van der Waals surface area contributed by atoms with Crippen molar-refractivity contribution in [3.05, 3.63) is 53.1 Å². The van der Waals surface area contributed by atoms with Gasteiger partial charge in [0, 0.05) is 12.1 Å². The summed E-state index contributed by atoms with van der Waals surface area (Å²) < 4.78 is 10.7. The number of nitrogens with one attached hydrogen (secondary N) is 1. The molecule has 3 heteroatoms. The summed E-state index contributed by atoms with van der Waals surface area (Å²) in [6.07, 6.45) is 0. The molecule has 1 atom stereocenters. The molecule has 0 aliphatic heterocycles. The van der Waals surface area contributed by atoms with Crippen LogP contribution in [0.1, 0.15) is 29.7 Å². The molecule has 3 nitrogen and oxygen atoms in total.